The summed E-state index contributed by atoms with van der Waals surface area (Å²) in [4.78, 5) is 2.48. The first-order valence-corrected chi connectivity index (χ1v) is 9.75. The number of benzene rings is 2. The van der Waals surface area contributed by atoms with Gasteiger partial charge in [-0.1, -0.05) is 36.4 Å². The van der Waals surface area contributed by atoms with Crippen LogP contribution in [0.3, 0.4) is 0 Å². The molecule has 0 saturated carbocycles. The summed E-state index contributed by atoms with van der Waals surface area (Å²) in [5.41, 5.74) is 2.24. The van der Waals surface area contributed by atoms with Gasteiger partial charge in [-0.25, -0.2) is 0 Å². The molecule has 0 aromatic heterocycles. The van der Waals surface area contributed by atoms with Crippen molar-refractivity contribution in [1.82, 2.24) is 10.2 Å². The minimum absolute atomic E-state index is 0. The number of rotatable bonds is 9. The molecule has 1 aliphatic rings. The number of nitrogens with one attached hydrogen (secondary N) is 1. The summed E-state index contributed by atoms with van der Waals surface area (Å²) in [5.74, 6) is 2.22. The minimum atomic E-state index is 0. The van der Waals surface area contributed by atoms with Crippen molar-refractivity contribution in [3.8, 4) is 17.2 Å². The zero-order valence-electron chi connectivity index (χ0n) is 17.6. The van der Waals surface area contributed by atoms with Crippen LogP contribution in [0.15, 0.2) is 55.1 Å². The van der Waals surface area contributed by atoms with Crippen LogP contribution in [-0.4, -0.2) is 45.3 Å². The molecule has 0 bridgehead atoms. The molecule has 0 radical (unpaired) electrons. The normalized spacial score (nSPS) is 14.6. The summed E-state index contributed by atoms with van der Waals surface area (Å²) in [7, 11) is 3.31. The molecule has 1 fully saturated rings. The molecule has 166 valence electrons. The molecule has 5 nitrogen and oxygen atoms in total. The summed E-state index contributed by atoms with van der Waals surface area (Å²) >= 11 is 0. The maximum atomic E-state index is 6.27. The van der Waals surface area contributed by atoms with Crippen LogP contribution < -0.4 is 19.5 Å². The lowest BCUT2D eigenvalue weighted by molar-refractivity contribution is 0.169. The lowest BCUT2D eigenvalue weighted by Gasteiger charge is -2.35. The van der Waals surface area contributed by atoms with Gasteiger partial charge >= 0.3 is 0 Å². The van der Waals surface area contributed by atoms with Crippen molar-refractivity contribution >= 4 is 24.8 Å². The van der Waals surface area contributed by atoms with Crippen molar-refractivity contribution in [2.75, 3.05) is 40.4 Å². The molecule has 7 heteroatoms. The van der Waals surface area contributed by atoms with Crippen molar-refractivity contribution in [3.05, 3.63) is 66.2 Å². The van der Waals surface area contributed by atoms with E-state index in [0.717, 1.165) is 49.5 Å². The van der Waals surface area contributed by atoms with Gasteiger partial charge in [-0.3, -0.25) is 4.90 Å². The van der Waals surface area contributed by atoms with E-state index in [1.807, 2.05) is 30.3 Å². The molecule has 2 aromatic rings. The number of halogens is 2. The van der Waals surface area contributed by atoms with Crippen LogP contribution in [0.2, 0.25) is 0 Å². The van der Waals surface area contributed by atoms with Gasteiger partial charge in [0.05, 0.1) is 14.2 Å². The van der Waals surface area contributed by atoms with Gasteiger partial charge in [0, 0.05) is 43.9 Å². The van der Waals surface area contributed by atoms with Crippen LogP contribution >= 0.6 is 24.8 Å². The van der Waals surface area contributed by atoms with Gasteiger partial charge in [-0.05, 0) is 18.1 Å². The molecule has 1 N–H and O–H groups in total. The van der Waals surface area contributed by atoms with Gasteiger partial charge in [-0.2, -0.15) is 0 Å². The van der Waals surface area contributed by atoms with Crippen LogP contribution in [0.1, 0.15) is 23.6 Å². The number of nitrogens with zero attached hydrogens (tertiary/aromatic N) is 1. The fraction of sp³-hybridized carbons (Fsp3) is 0.391. The van der Waals surface area contributed by atoms with E-state index in [1.165, 1.54) is 0 Å². The predicted molar refractivity (Wildman–Crippen MR) is 127 cm³/mol. The maximum Gasteiger partial charge on any atom is 0.164 e. The standard InChI is InChI=1S/C23H30N2O3.2ClH/c1-4-8-20(25-13-11-24-12-14-25)19-15-22(26-2)23(27-3)16-21(19)28-17-18-9-6-5-7-10-18;;/h4-7,9-10,15-16,20,24H,1,8,11-14,17H2,2-3H3;2*1H/t20-;;/m0../s1. The average Bonchev–Trinajstić information content (AvgIpc) is 2.77. The quantitative estimate of drug-likeness (QED) is 0.558. The van der Waals surface area contributed by atoms with Crippen LogP contribution in [0.25, 0.3) is 0 Å². The Morgan fingerprint density at radius 1 is 1.00 bits per heavy atom. The van der Waals surface area contributed by atoms with E-state index < -0.39 is 0 Å². The van der Waals surface area contributed by atoms with Crippen molar-refractivity contribution in [2.45, 2.75) is 19.1 Å². The molecule has 1 saturated heterocycles. The number of hydrogen-bond donors (Lipinski definition) is 1. The van der Waals surface area contributed by atoms with E-state index in [-0.39, 0.29) is 30.9 Å². The van der Waals surface area contributed by atoms with E-state index in [0.29, 0.717) is 18.1 Å². The molecule has 30 heavy (non-hydrogen) atoms. The van der Waals surface area contributed by atoms with E-state index in [9.17, 15) is 0 Å². The molecule has 1 aliphatic heterocycles. The van der Waals surface area contributed by atoms with Gasteiger partial charge in [-0.15, -0.1) is 31.4 Å². The highest BCUT2D eigenvalue weighted by Crippen LogP contribution is 2.41. The minimum Gasteiger partial charge on any atom is -0.493 e. The number of hydrogen-bond acceptors (Lipinski definition) is 5. The number of methoxy groups -OCH3 is 2. The smallest absolute Gasteiger partial charge is 0.164 e. The molecular weight excluding hydrogens is 423 g/mol. The van der Waals surface area contributed by atoms with E-state index in [4.69, 9.17) is 14.2 Å². The molecule has 0 spiro atoms. The third kappa shape index (κ3) is 6.54. The Morgan fingerprint density at radius 3 is 2.23 bits per heavy atom. The molecule has 3 rings (SSSR count). The van der Waals surface area contributed by atoms with E-state index in [1.54, 1.807) is 14.2 Å². The van der Waals surface area contributed by atoms with Crippen molar-refractivity contribution in [3.63, 3.8) is 0 Å². The second kappa shape index (κ2) is 13.4. The molecule has 2 aromatic carbocycles. The van der Waals surface area contributed by atoms with E-state index >= 15 is 0 Å². The Labute approximate surface area is 192 Å². The zero-order valence-corrected chi connectivity index (χ0v) is 19.3. The summed E-state index contributed by atoms with van der Waals surface area (Å²) in [5, 5.41) is 3.42. The Morgan fingerprint density at radius 2 is 1.63 bits per heavy atom. The van der Waals surface area contributed by atoms with Gasteiger partial charge < -0.3 is 19.5 Å². The average molecular weight is 455 g/mol. The Balaban J connectivity index is 0.00000225. The van der Waals surface area contributed by atoms with Gasteiger partial charge in [0.15, 0.2) is 11.5 Å². The summed E-state index contributed by atoms with van der Waals surface area (Å²) < 4.78 is 17.4. The first-order chi connectivity index (χ1) is 13.8. The zero-order chi connectivity index (χ0) is 19.8. The topological polar surface area (TPSA) is 43.0 Å². The van der Waals surface area contributed by atoms with Gasteiger partial charge in [0.2, 0.25) is 0 Å². The van der Waals surface area contributed by atoms with Crippen molar-refractivity contribution in [2.24, 2.45) is 0 Å². The highest BCUT2D eigenvalue weighted by atomic mass is 35.5. The van der Waals surface area contributed by atoms with Crippen LogP contribution in [0, 0.1) is 0 Å². The summed E-state index contributed by atoms with van der Waals surface area (Å²) in [6.45, 7) is 8.44. The molecule has 0 amide bonds. The fourth-order valence-electron chi connectivity index (χ4n) is 3.62. The van der Waals surface area contributed by atoms with Crippen LogP contribution in [0.5, 0.6) is 17.2 Å². The second-order valence-electron chi connectivity index (χ2n) is 6.85. The third-order valence-corrected chi connectivity index (χ3v) is 5.09. The first kappa shape index (κ1) is 26.1. The third-order valence-electron chi connectivity index (χ3n) is 5.09. The Bertz CT molecular complexity index is 769. The highest BCUT2D eigenvalue weighted by molar-refractivity contribution is 5.85. The summed E-state index contributed by atoms with van der Waals surface area (Å²) in [6.07, 6.45) is 2.82. The Kier molecular flexibility index (Phi) is 11.7. The fourth-order valence-corrected chi connectivity index (χ4v) is 3.62. The first-order valence-electron chi connectivity index (χ1n) is 9.75. The van der Waals surface area contributed by atoms with Crippen molar-refractivity contribution < 1.29 is 14.2 Å². The molecule has 1 atom stereocenters. The largest absolute Gasteiger partial charge is 0.493 e. The molecular formula is C23H32Cl2N2O3. The number of piperazine rings is 1. The lowest BCUT2D eigenvalue weighted by Crippen LogP contribution is -2.45. The monoisotopic (exact) mass is 454 g/mol. The Hall–Kier alpha value is -1.92. The molecule has 0 aliphatic carbocycles. The SMILES string of the molecule is C=CC[C@@H](c1cc(OC)c(OC)cc1OCc1ccccc1)N1CCNCC1.Cl.Cl. The molecule has 1 heterocycles. The number of ether oxygens (including phenoxy) is 3. The maximum absolute atomic E-state index is 6.27. The lowest BCUT2D eigenvalue weighted by atomic mass is 9.99. The van der Waals surface area contributed by atoms with Crippen LogP contribution in [-0.2, 0) is 6.61 Å². The molecule has 0 unspecified atom stereocenters. The van der Waals surface area contributed by atoms with Gasteiger partial charge in [0.25, 0.3) is 0 Å². The predicted octanol–water partition coefficient (Wildman–Crippen LogP) is 4.65. The van der Waals surface area contributed by atoms with Crippen LogP contribution in [0.4, 0.5) is 0 Å². The van der Waals surface area contributed by atoms with Crippen molar-refractivity contribution in [1.29, 1.82) is 0 Å². The second-order valence-corrected chi connectivity index (χ2v) is 6.85. The summed E-state index contributed by atoms with van der Waals surface area (Å²) in [6, 6.07) is 14.4. The van der Waals surface area contributed by atoms with E-state index in [2.05, 4.69) is 35.0 Å². The van der Waals surface area contributed by atoms with Gasteiger partial charge in [0.1, 0.15) is 12.4 Å². The highest BCUT2D eigenvalue weighted by Gasteiger charge is 2.26.